The van der Waals surface area contributed by atoms with E-state index in [-0.39, 0.29) is 0 Å². The van der Waals surface area contributed by atoms with Crippen molar-refractivity contribution in [2.45, 2.75) is 24.5 Å². The van der Waals surface area contributed by atoms with Crippen molar-refractivity contribution in [1.29, 1.82) is 0 Å². The molecule has 1 aromatic rings. The normalized spacial score (nSPS) is 23.1. The highest BCUT2D eigenvalue weighted by molar-refractivity contribution is 8.23. The van der Waals surface area contributed by atoms with Crippen LogP contribution in [0, 0.1) is 0 Å². The smallest absolute Gasteiger partial charge is 0.0484 e. The van der Waals surface area contributed by atoms with Crippen LogP contribution in [0.25, 0.3) is 0 Å². The highest BCUT2D eigenvalue weighted by atomic mass is 32.2. The maximum Gasteiger partial charge on any atom is 0.0484 e. The molecule has 1 unspecified atom stereocenters. The highest BCUT2D eigenvalue weighted by Crippen LogP contribution is 2.39. The van der Waals surface area contributed by atoms with Crippen LogP contribution in [0.2, 0.25) is 0 Å². The van der Waals surface area contributed by atoms with Gasteiger partial charge >= 0.3 is 0 Å². The topological polar surface area (TPSA) is 0 Å². The van der Waals surface area contributed by atoms with Gasteiger partial charge in [-0.2, -0.15) is 0 Å². The summed E-state index contributed by atoms with van der Waals surface area (Å²) in [5.74, 6) is 0. The zero-order chi connectivity index (χ0) is 9.10. The Morgan fingerprint density at radius 3 is 2.69 bits per heavy atom. The van der Waals surface area contributed by atoms with Gasteiger partial charge in [0.15, 0.2) is 0 Å². The second-order valence-electron chi connectivity index (χ2n) is 3.28. The van der Waals surface area contributed by atoms with E-state index in [1.807, 2.05) is 11.8 Å². The van der Waals surface area contributed by atoms with Crippen molar-refractivity contribution in [2.75, 3.05) is 0 Å². The van der Waals surface area contributed by atoms with E-state index in [0.717, 1.165) is 6.42 Å². The predicted octanol–water partition coefficient (Wildman–Crippen LogP) is 3.97. The Labute approximate surface area is 88.7 Å². The van der Waals surface area contributed by atoms with Gasteiger partial charge in [0.2, 0.25) is 0 Å². The van der Waals surface area contributed by atoms with Gasteiger partial charge in [0, 0.05) is 9.45 Å². The van der Waals surface area contributed by atoms with Gasteiger partial charge < -0.3 is 0 Å². The first-order valence-electron chi connectivity index (χ1n) is 4.61. The zero-order valence-electron chi connectivity index (χ0n) is 7.40. The van der Waals surface area contributed by atoms with Gasteiger partial charge in [-0.3, -0.25) is 0 Å². The van der Waals surface area contributed by atoms with E-state index in [4.69, 9.17) is 12.2 Å². The Morgan fingerprint density at radius 1 is 1.23 bits per heavy atom. The molecule has 1 aliphatic rings. The van der Waals surface area contributed by atoms with Crippen molar-refractivity contribution in [3.05, 3.63) is 35.9 Å². The van der Waals surface area contributed by atoms with Gasteiger partial charge in [0.05, 0.1) is 0 Å². The molecule has 0 radical (unpaired) electrons. The number of rotatable bonds is 1. The third kappa shape index (κ3) is 2.32. The zero-order valence-corrected chi connectivity index (χ0v) is 9.03. The molecule has 1 saturated heterocycles. The third-order valence-electron chi connectivity index (χ3n) is 2.29. The highest BCUT2D eigenvalue weighted by Gasteiger charge is 2.18. The summed E-state index contributed by atoms with van der Waals surface area (Å²) >= 11 is 7.12. The summed E-state index contributed by atoms with van der Waals surface area (Å²) in [4.78, 5) is 0. The minimum absolute atomic E-state index is 0.613. The summed E-state index contributed by atoms with van der Waals surface area (Å²) in [5, 5.41) is 0.613. The maximum atomic E-state index is 5.25. The number of benzene rings is 1. The van der Waals surface area contributed by atoms with Crippen LogP contribution >= 0.6 is 24.0 Å². The molecule has 2 heteroatoms. The van der Waals surface area contributed by atoms with Crippen LogP contribution < -0.4 is 0 Å². The minimum Gasteiger partial charge on any atom is -0.111 e. The van der Waals surface area contributed by atoms with E-state index in [1.165, 1.54) is 22.6 Å². The fraction of sp³-hybridized carbons (Fsp3) is 0.364. The molecule has 0 nitrogen and oxygen atoms in total. The molecule has 0 bridgehead atoms. The van der Waals surface area contributed by atoms with Crippen LogP contribution in [0.3, 0.4) is 0 Å². The molecule has 68 valence electrons. The molecule has 13 heavy (non-hydrogen) atoms. The van der Waals surface area contributed by atoms with Crippen molar-refractivity contribution in [3.8, 4) is 0 Å². The SMILES string of the molecule is S=C1CCCC(c2ccccc2)S1. The monoisotopic (exact) mass is 208 g/mol. The van der Waals surface area contributed by atoms with Crippen molar-refractivity contribution >= 4 is 28.2 Å². The molecule has 0 N–H and O–H groups in total. The van der Waals surface area contributed by atoms with Crippen LogP contribution in [0.5, 0.6) is 0 Å². The molecule has 2 rings (SSSR count). The molecule has 0 amide bonds. The second kappa shape index (κ2) is 4.25. The van der Waals surface area contributed by atoms with Crippen LogP contribution in [-0.2, 0) is 0 Å². The Bertz CT molecular complexity index is 292. The van der Waals surface area contributed by atoms with Crippen LogP contribution in [-0.4, -0.2) is 4.20 Å². The lowest BCUT2D eigenvalue weighted by atomic mass is 10.1. The van der Waals surface area contributed by atoms with Gasteiger partial charge in [0.25, 0.3) is 0 Å². The van der Waals surface area contributed by atoms with E-state index in [9.17, 15) is 0 Å². The largest absolute Gasteiger partial charge is 0.111 e. The summed E-state index contributed by atoms with van der Waals surface area (Å²) in [6.45, 7) is 0. The van der Waals surface area contributed by atoms with Gasteiger partial charge in [0.1, 0.15) is 0 Å². The molecule has 0 aliphatic carbocycles. The molecular weight excluding hydrogens is 196 g/mol. The predicted molar refractivity (Wildman–Crippen MR) is 63.2 cm³/mol. The second-order valence-corrected chi connectivity index (χ2v) is 5.33. The molecule has 1 atom stereocenters. The van der Waals surface area contributed by atoms with Crippen molar-refractivity contribution in [3.63, 3.8) is 0 Å². The molecule has 0 aromatic heterocycles. The Kier molecular flexibility index (Phi) is 3.01. The van der Waals surface area contributed by atoms with E-state index < -0.39 is 0 Å². The number of hydrogen-bond acceptors (Lipinski definition) is 2. The van der Waals surface area contributed by atoms with Crippen molar-refractivity contribution in [2.24, 2.45) is 0 Å². The number of thiocarbonyl (C=S) groups is 1. The summed E-state index contributed by atoms with van der Waals surface area (Å²) in [5.41, 5.74) is 1.43. The number of hydrogen-bond donors (Lipinski definition) is 0. The molecular formula is C11H12S2. The third-order valence-corrected chi connectivity index (χ3v) is 4.04. The lowest BCUT2D eigenvalue weighted by molar-refractivity contribution is 0.744. The summed E-state index contributed by atoms with van der Waals surface area (Å²) in [7, 11) is 0. The van der Waals surface area contributed by atoms with E-state index in [1.54, 1.807) is 0 Å². The average Bonchev–Trinajstić information content (AvgIpc) is 2.19. The molecule has 1 aromatic carbocycles. The molecule has 0 spiro atoms. The molecule has 1 aliphatic heterocycles. The standard InChI is InChI=1S/C11H12S2/c12-11-8-4-7-10(13-11)9-5-2-1-3-6-9/h1-3,5-6,10H,4,7-8H2. The minimum atomic E-state index is 0.613. The van der Waals surface area contributed by atoms with Crippen LogP contribution in [0.15, 0.2) is 30.3 Å². The first-order chi connectivity index (χ1) is 6.36. The van der Waals surface area contributed by atoms with Gasteiger partial charge in [-0.05, 0) is 24.8 Å². The maximum absolute atomic E-state index is 5.25. The Balaban J connectivity index is 2.13. The molecule has 1 heterocycles. The van der Waals surface area contributed by atoms with Crippen LogP contribution in [0.4, 0.5) is 0 Å². The summed E-state index contributed by atoms with van der Waals surface area (Å²) in [6, 6.07) is 10.7. The Hall–Kier alpha value is -0.340. The Morgan fingerprint density at radius 2 is 2.00 bits per heavy atom. The first-order valence-corrected chi connectivity index (χ1v) is 5.89. The summed E-state index contributed by atoms with van der Waals surface area (Å²) < 4.78 is 1.18. The van der Waals surface area contributed by atoms with Gasteiger partial charge in [-0.15, -0.1) is 11.8 Å². The number of thioether (sulfide) groups is 1. The first kappa shape index (κ1) is 9.22. The molecule has 1 fully saturated rings. The van der Waals surface area contributed by atoms with E-state index in [2.05, 4.69) is 30.3 Å². The van der Waals surface area contributed by atoms with Crippen molar-refractivity contribution < 1.29 is 0 Å². The fourth-order valence-electron chi connectivity index (χ4n) is 1.61. The van der Waals surface area contributed by atoms with Gasteiger partial charge in [-0.25, -0.2) is 0 Å². The molecule has 0 saturated carbocycles. The van der Waals surface area contributed by atoms with E-state index >= 15 is 0 Å². The van der Waals surface area contributed by atoms with Gasteiger partial charge in [-0.1, -0.05) is 42.5 Å². The lowest BCUT2D eigenvalue weighted by Crippen LogP contribution is -2.05. The quantitative estimate of drug-likeness (QED) is 0.640. The fourth-order valence-corrected chi connectivity index (χ4v) is 3.26. The average molecular weight is 208 g/mol. The van der Waals surface area contributed by atoms with Crippen LogP contribution in [0.1, 0.15) is 30.1 Å². The lowest BCUT2D eigenvalue weighted by Gasteiger charge is -2.21. The van der Waals surface area contributed by atoms with Crippen molar-refractivity contribution in [1.82, 2.24) is 0 Å². The van der Waals surface area contributed by atoms with E-state index in [0.29, 0.717) is 5.25 Å². The summed E-state index contributed by atoms with van der Waals surface area (Å²) in [6.07, 6.45) is 3.66.